The third-order valence-corrected chi connectivity index (χ3v) is 6.24. The summed E-state index contributed by atoms with van der Waals surface area (Å²) in [5.41, 5.74) is -0.797. The van der Waals surface area contributed by atoms with E-state index in [1.54, 1.807) is 18.2 Å². The van der Waals surface area contributed by atoms with Crippen LogP contribution in [0.5, 0.6) is 0 Å². The Hall–Kier alpha value is -2.17. The van der Waals surface area contributed by atoms with Crippen molar-refractivity contribution >= 4 is 32.7 Å². The van der Waals surface area contributed by atoms with E-state index in [1.807, 2.05) is 0 Å². The summed E-state index contributed by atoms with van der Waals surface area (Å²) in [6, 6.07) is 11.9. The van der Waals surface area contributed by atoms with E-state index < -0.39 is 27.7 Å². The van der Waals surface area contributed by atoms with Crippen molar-refractivity contribution in [2.75, 3.05) is 12.3 Å². The molecule has 0 unspecified atom stereocenters. The molecular weight excluding hydrogens is 416 g/mol. The van der Waals surface area contributed by atoms with Gasteiger partial charge in [-0.1, -0.05) is 24.3 Å². The molecule has 0 aliphatic heterocycles. The molecule has 148 valence electrons. The van der Waals surface area contributed by atoms with Crippen molar-refractivity contribution in [1.29, 1.82) is 0 Å². The predicted octanol–water partition coefficient (Wildman–Crippen LogP) is 4.46. The monoisotopic (exact) mass is 430 g/mol. The van der Waals surface area contributed by atoms with Crippen molar-refractivity contribution in [2.45, 2.75) is 16.0 Å². The van der Waals surface area contributed by atoms with Crippen molar-refractivity contribution in [3.8, 4) is 0 Å². The molecule has 10 heteroatoms. The molecule has 0 fully saturated rings. The zero-order valence-electron chi connectivity index (χ0n) is 14.2. The van der Waals surface area contributed by atoms with Gasteiger partial charge in [0.2, 0.25) is 10.0 Å². The number of fused-ring (bicyclic) bond motifs is 1. The van der Waals surface area contributed by atoms with Crippen LogP contribution in [-0.4, -0.2) is 25.7 Å². The molecule has 0 saturated carbocycles. The van der Waals surface area contributed by atoms with Crippen LogP contribution in [0.25, 0.3) is 10.9 Å². The van der Waals surface area contributed by atoms with Crippen molar-refractivity contribution in [2.24, 2.45) is 0 Å². The Morgan fingerprint density at radius 2 is 1.79 bits per heavy atom. The second-order valence-corrected chi connectivity index (χ2v) is 8.63. The molecule has 0 atom stereocenters. The summed E-state index contributed by atoms with van der Waals surface area (Å²) in [5, 5.41) is 0.550. The van der Waals surface area contributed by atoms with Gasteiger partial charge in [0, 0.05) is 22.6 Å². The molecule has 0 bridgehead atoms. The Morgan fingerprint density at radius 1 is 1.04 bits per heavy atom. The van der Waals surface area contributed by atoms with Gasteiger partial charge in [0.1, 0.15) is 11.5 Å². The van der Waals surface area contributed by atoms with E-state index in [4.69, 9.17) is 0 Å². The molecule has 1 heterocycles. The summed E-state index contributed by atoms with van der Waals surface area (Å²) in [6.45, 7) is -0.0402. The van der Waals surface area contributed by atoms with Crippen LogP contribution in [0.2, 0.25) is 0 Å². The molecule has 0 spiro atoms. The van der Waals surface area contributed by atoms with E-state index in [0.717, 1.165) is 30.0 Å². The van der Waals surface area contributed by atoms with Gasteiger partial charge in [-0.25, -0.2) is 22.5 Å². The first kappa shape index (κ1) is 20.6. The Kier molecular flexibility index (Phi) is 5.92. The minimum atomic E-state index is -4.59. The van der Waals surface area contributed by atoms with Crippen LogP contribution in [0, 0.1) is 5.82 Å². The molecule has 3 aromatic rings. The molecular formula is C18H14F4N2O2S2. The summed E-state index contributed by atoms with van der Waals surface area (Å²) < 4.78 is 79.0. The number of nitrogens with one attached hydrogen (secondary N) is 1. The average Bonchev–Trinajstić information content (AvgIpc) is 2.64. The van der Waals surface area contributed by atoms with E-state index in [-0.39, 0.29) is 22.7 Å². The molecule has 3 rings (SSSR count). The molecule has 2 aromatic carbocycles. The molecule has 28 heavy (non-hydrogen) atoms. The maximum Gasteiger partial charge on any atom is 0.433 e. The SMILES string of the molecule is O=S(=O)(NCCSc1cc(C(F)(F)F)nc2ccccc12)c1cccc(F)c1. The largest absolute Gasteiger partial charge is 0.433 e. The van der Waals surface area contributed by atoms with Crippen molar-refractivity contribution < 1.29 is 26.0 Å². The van der Waals surface area contributed by atoms with Gasteiger partial charge in [0.05, 0.1) is 10.4 Å². The minimum Gasteiger partial charge on any atom is -0.243 e. The first-order valence-electron chi connectivity index (χ1n) is 8.02. The number of para-hydroxylation sites is 1. The van der Waals surface area contributed by atoms with Crippen LogP contribution in [0.4, 0.5) is 17.6 Å². The third kappa shape index (κ3) is 4.81. The highest BCUT2D eigenvalue weighted by Gasteiger charge is 2.33. The standard InChI is InChI=1S/C18H14F4N2O2S2/c19-12-4-3-5-13(10-12)28(25,26)23-8-9-27-16-11-17(18(20,21)22)24-15-7-2-1-6-14(15)16/h1-7,10-11,23H,8-9H2. The second kappa shape index (κ2) is 8.06. The molecule has 0 aliphatic rings. The second-order valence-electron chi connectivity index (χ2n) is 5.72. The topological polar surface area (TPSA) is 59.1 Å². The van der Waals surface area contributed by atoms with Gasteiger partial charge in [0.15, 0.2) is 0 Å². The number of alkyl halides is 3. The summed E-state index contributed by atoms with van der Waals surface area (Å²) in [6.07, 6.45) is -4.59. The molecule has 1 N–H and O–H groups in total. The summed E-state index contributed by atoms with van der Waals surface area (Å²) >= 11 is 1.08. The molecule has 0 amide bonds. The van der Waals surface area contributed by atoms with Crippen molar-refractivity contribution in [3.63, 3.8) is 0 Å². The molecule has 0 aliphatic carbocycles. The summed E-state index contributed by atoms with van der Waals surface area (Å²) in [5.74, 6) is -0.500. The lowest BCUT2D eigenvalue weighted by Gasteiger charge is -2.12. The lowest BCUT2D eigenvalue weighted by Crippen LogP contribution is -2.26. The highest BCUT2D eigenvalue weighted by atomic mass is 32.2. The summed E-state index contributed by atoms with van der Waals surface area (Å²) in [4.78, 5) is 3.77. The molecule has 0 saturated heterocycles. The van der Waals surface area contributed by atoms with Crippen molar-refractivity contribution in [3.05, 3.63) is 66.1 Å². The van der Waals surface area contributed by atoms with E-state index >= 15 is 0 Å². The maximum atomic E-state index is 13.2. The number of hydrogen-bond acceptors (Lipinski definition) is 4. The fourth-order valence-electron chi connectivity index (χ4n) is 2.46. The number of benzene rings is 2. The number of aromatic nitrogens is 1. The Labute approximate surface area is 163 Å². The fraction of sp³-hybridized carbons (Fsp3) is 0.167. The van der Waals surface area contributed by atoms with E-state index in [2.05, 4.69) is 9.71 Å². The van der Waals surface area contributed by atoms with Crippen LogP contribution < -0.4 is 4.72 Å². The zero-order chi connectivity index (χ0) is 20.4. The highest BCUT2D eigenvalue weighted by Crippen LogP contribution is 2.34. The number of nitrogens with zero attached hydrogens (tertiary/aromatic N) is 1. The number of halogens is 4. The zero-order valence-corrected chi connectivity index (χ0v) is 15.8. The quantitative estimate of drug-likeness (QED) is 0.356. The Bertz CT molecular complexity index is 1100. The number of thioether (sulfide) groups is 1. The van der Waals surface area contributed by atoms with E-state index in [0.29, 0.717) is 10.3 Å². The van der Waals surface area contributed by atoms with Crippen LogP contribution >= 0.6 is 11.8 Å². The first-order valence-corrected chi connectivity index (χ1v) is 10.5. The molecule has 0 radical (unpaired) electrons. The first-order chi connectivity index (χ1) is 13.2. The number of rotatable bonds is 6. The van der Waals surface area contributed by atoms with Gasteiger partial charge >= 0.3 is 6.18 Å². The van der Waals surface area contributed by atoms with Gasteiger partial charge < -0.3 is 0 Å². The van der Waals surface area contributed by atoms with Gasteiger partial charge in [-0.2, -0.15) is 13.2 Å². The van der Waals surface area contributed by atoms with Crippen LogP contribution in [-0.2, 0) is 16.2 Å². The van der Waals surface area contributed by atoms with Crippen LogP contribution in [0.1, 0.15) is 5.69 Å². The number of pyridine rings is 1. The molecule has 1 aromatic heterocycles. The normalized spacial score (nSPS) is 12.4. The van der Waals surface area contributed by atoms with Crippen LogP contribution in [0.3, 0.4) is 0 Å². The van der Waals surface area contributed by atoms with E-state index in [1.165, 1.54) is 18.2 Å². The van der Waals surface area contributed by atoms with Gasteiger partial charge in [-0.15, -0.1) is 11.8 Å². The lowest BCUT2D eigenvalue weighted by atomic mass is 10.2. The van der Waals surface area contributed by atoms with Crippen LogP contribution in [0.15, 0.2) is 64.4 Å². The van der Waals surface area contributed by atoms with Crippen molar-refractivity contribution in [1.82, 2.24) is 9.71 Å². The lowest BCUT2D eigenvalue weighted by molar-refractivity contribution is -0.141. The smallest absolute Gasteiger partial charge is 0.243 e. The van der Waals surface area contributed by atoms with Gasteiger partial charge in [-0.3, -0.25) is 0 Å². The van der Waals surface area contributed by atoms with Gasteiger partial charge in [0.25, 0.3) is 0 Å². The highest BCUT2D eigenvalue weighted by molar-refractivity contribution is 7.99. The minimum absolute atomic E-state index is 0.0402. The maximum absolute atomic E-state index is 13.2. The average molecular weight is 430 g/mol. The Morgan fingerprint density at radius 3 is 2.50 bits per heavy atom. The third-order valence-electron chi connectivity index (χ3n) is 3.73. The van der Waals surface area contributed by atoms with Gasteiger partial charge in [-0.05, 0) is 30.3 Å². The fourth-order valence-corrected chi connectivity index (χ4v) is 4.60. The predicted molar refractivity (Wildman–Crippen MR) is 99.1 cm³/mol. The number of hydrogen-bond donors (Lipinski definition) is 1. The number of sulfonamides is 1. The van der Waals surface area contributed by atoms with E-state index in [9.17, 15) is 26.0 Å². The Balaban J connectivity index is 1.73. The molecule has 4 nitrogen and oxygen atoms in total. The summed E-state index contributed by atoms with van der Waals surface area (Å²) in [7, 11) is -3.91.